The van der Waals surface area contributed by atoms with Crippen LogP contribution in [0.1, 0.15) is 38.4 Å². The summed E-state index contributed by atoms with van der Waals surface area (Å²) in [4.78, 5) is 12.6. The van der Waals surface area contributed by atoms with Gasteiger partial charge in [-0.25, -0.2) is 0 Å². The zero-order valence-corrected chi connectivity index (χ0v) is 17.2. The van der Waals surface area contributed by atoms with Crippen molar-refractivity contribution in [1.82, 2.24) is 0 Å². The Balaban J connectivity index is 1.70. The lowest BCUT2D eigenvalue weighted by Crippen LogP contribution is -2.14. The Labute approximate surface area is 175 Å². The van der Waals surface area contributed by atoms with Gasteiger partial charge in [0.1, 0.15) is 22.1 Å². The number of nitriles is 1. The van der Waals surface area contributed by atoms with Crippen molar-refractivity contribution in [3.63, 3.8) is 0 Å². The van der Waals surface area contributed by atoms with Gasteiger partial charge in [0.2, 0.25) is 6.10 Å². The summed E-state index contributed by atoms with van der Waals surface area (Å²) in [6.45, 7) is 3.89. The minimum Gasteiger partial charge on any atom is -0.458 e. The first-order chi connectivity index (χ1) is 13.3. The monoisotopic (exact) mass is 417 g/mol. The largest absolute Gasteiger partial charge is 0.458 e. The Morgan fingerprint density at radius 2 is 2.14 bits per heavy atom. The molecule has 2 aliphatic rings. The maximum atomic E-state index is 12.6. The first-order valence-corrected chi connectivity index (χ1v) is 9.86. The second-order valence-electron chi connectivity index (χ2n) is 7.49. The van der Waals surface area contributed by atoms with Crippen LogP contribution in [0, 0.1) is 28.6 Å². The first kappa shape index (κ1) is 20.5. The molecule has 1 saturated carbocycles. The third-order valence-corrected chi connectivity index (χ3v) is 5.43. The number of rotatable bonds is 6. The van der Waals surface area contributed by atoms with Crippen molar-refractivity contribution in [2.24, 2.45) is 17.3 Å². The van der Waals surface area contributed by atoms with Crippen molar-refractivity contribution < 1.29 is 14.3 Å². The molecular formula is C22H21Cl2NO3. The van der Waals surface area contributed by atoms with E-state index in [9.17, 15) is 10.1 Å². The van der Waals surface area contributed by atoms with Gasteiger partial charge < -0.3 is 9.47 Å². The minimum absolute atomic E-state index is 0.107. The lowest BCUT2D eigenvalue weighted by atomic mass is 10.1. The molecular weight excluding hydrogens is 397 g/mol. The number of carbonyl (C=O) groups excluding carboxylic acids is 1. The highest BCUT2D eigenvalue weighted by molar-refractivity contribution is 6.55. The number of allylic oxidation sites excluding steroid dienone is 4. The predicted molar refractivity (Wildman–Crippen MR) is 109 cm³/mol. The van der Waals surface area contributed by atoms with E-state index in [0.717, 1.165) is 18.6 Å². The second-order valence-corrected chi connectivity index (χ2v) is 8.50. The van der Waals surface area contributed by atoms with Gasteiger partial charge in [0.15, 0.2) is 0 Å². The van der Waals surface area contributed by atoms with Crippen molar-refractivity contribution in [1.29, 1.82) is 5.26 Å². The number of hydrogen-bond acceptors (Lipinski definition) is 4. The normalized spacial score (nSPS) is 23.0. The van der Waals surface area contributed by atoms with Crippen molar-refractivity contribution in [3.8, 4) is 11.8 Å². The van der Waals surface area contributed by atoms with Crippen LogP contribution in [0.4, 0.5) is 0 Å². The molecule has 0 bridgehead atoms. The van der Waals surface area contributed by atoms with Crippen molar-refractivity contribution >= 4 is 29.2 Å². The number of carbonyl (C=O) groups is 1. The standard InChI is InChI=1S/C22H21Cl2NO3/c1-22(2)17(12-19(23)24)20(22)21(26)28-18(13-25)14-7-6-10-16(11-14)27-15-8-4-3-5-9-15/h4,6-12,17-18,20H,3,5H2,1-2H3/t17-,18?,20-/m1/s1. The van der Waals surface area contributed by atoms with Crippen molar-refractivity contribution in [2.45, 2.75) is 32.8 Å². The Morgan fingerprint density at radius 3 is 2.79 bits per heavy atom. The number of benzene rings is 1. The van der Waals surface area contributed by atoms with E-state index in [-0.39, 0.29) is 21.7 Å². The highest BCUT2D eigenvalue weighted by Gasteiger charge is 2.62. The molecule has 1 unspecified atom stereocenters. The molecule has 146 valence electrons. The molecule has 0 N–H and O–H groups in total. The van der Waals surface area contributed by atoms with Crippen molar-refractivity contribution in [2.75, 3.05) is 0 Å². The summed E-state index contributed by atoms with van der Waals surface area (Å²) < 4.78 is 11.5. The fourth-order valence-corrected chi connectivity index (χ4v) is 3.75. The topological polar surface area (TPSA) is 59.3 Å². The summed E-state index contributed by atoms with van der Waals surface area (Å²) >= 11 is 11.5. The van der Waals surface area contributed by atoms with E-state index in [1.165, 1.54) is 0 Å². The maximum Gasteiger partial charge on any atom is 0.311 e. The number of esters is 1. The summed E-state index contributed by atoms with van der Waals surface area (Å²) in [6.07, 6.45) is 8.55. The van der Waals surface area contributed by atoms with Crippen LogP contribution in [0.15, 0.2) is 58.8 Å². The van der Waals surface area contributed by atoms with Gasteiger partial charge in [-0.3, -0.25) is 4.79 Å². The quantitative estimate of drug-likeness (QED) is 0.532. The fraction of sp³-hybridized carbons (Fsp3) is 0.364. The number of nitrogens with zero attached hydrogens (tertiary/aromatic N) is 1. The summed E-state index contributed by atoms with van der Waals surface area (Å²) in [5.74, 6) is 0.433. The Morgan fingerprint density at radius 1 is 1.36 bits per heavy atom. The van der Waals surface area contributed by atoms with E-state index in [1.54, 1.807) is 30.3 Å². The molecule has 2 aliphatic carbocycles. The zero-order valence-electron chi connectivity index (χ0n) is 15.7. The lowest BCUT2D eigenvalue weighted by Gasteiger charge is -2.14. The molecule has 0 saturated heterocycles. The van der Waals surface area contributed by atoms with Crippen LogP contribution in [0.3, 0.4) is 0 Å². The van der Waals surface area contributed by atoms with Crippen LogP contribution < -0.4 is 4.74 Å². The van der Waals surface area contributed by atoms with Gasteiger partial charge in [0.25, 0.3) is 0 Å². The third kappa shape index (κ3) is 4.60. The zero-order chi connectivity index (χ0) is 20.3. The predicted octanol–water partition coefficient (Wildman–Crippen LogP) is 6.00. The maximum absolute atomic E-state index is 12.6. The van der Waals surface area contributed by atoms with Gasteiger partial charge in [-0.15, -0.1) is 0 Å². The average Bonchev–Trinajstić information content (AvgIpc) is 3.20. The summed E-state index contributed by atoms with van der Waals surface area (Å²) in [5.41, 5.74) is 0.256. The first-order valence-electron chi connectivity index (χ1n) is 9.10. The van der Waals surface area contributed by atoms with Gasteiger partial charge in [0, 0.05) is 5.56 Å². The van der Waals surface area contributed by atoms with E-state index in [0.29, 0.717) is 11.3 Å². The number of hydrogen-bond donors (Lipinski definition) is 0. The fourth-order valence-electron chi connectivity index (χ4n) is 3.48. The highest BCUT2D eigenvalue weighted by atomic mass is 35.5. The van der Waals surface area contributed by atoms with E-state index in [2.05, 4.69) is 6.07 Å². The summed E-state index contributed by atoms with van der Waals surface area (Å²) in [7, 11) is 0. The SMILES string of the molecule is CC1(C)[C@H](C=C(Cl)Cl)[C@@H]1C(=O)OC(C#N)c1cccc(OC2=CCCC=C2)c1. The van der Waals surface area contributed by atoms with Gasteiger partial charge >= 0.3 is 5.97 Å². The van der Waals surface area contributed by atoms with Crippen LogP contribution in [0.5, 0.6) is 5.75 Å². The number of halogens is 2. The Kier molecular flexibility index (Phi) is 6.17. The van der Waals surface area contributed by atoms with Crippen molar-refractivity contribution in [3.05, 3.63) is 64.4 Å². The Hall–Kier alpha value is -2.22. The molecule has 1 aromatic carbocycles. The summed E-state index contributed by atoms with van der Waals surface area (Å²) in [6, 6.07) is 9.08. The molecule has 0 spiro atoms. The van der Waals surface area contributed by atoms with Crippen LogP contribution in [0.25, 0.3) is 0 Å². The molecule has 6 heteroatoms. The molecule has 0 aliphatic heterocycles. The smallest absolute Gasteiger partial charge is 0.311 e. The molecule has 4 nitrogen and oxygen atoms in total. The molecule has 1 aromatic rings. The van der Waals surface area contributed by atoms with Gasteiger partial charge in [-0.2, -0.15) is 5.26 Å². The molecule has 1 fully saturated rings. The minimum atomic E-state index is -1.01. The highest BCUT2D eigenvalue weighted by Crippen LogP contribution is 2.60. The lowest BCUT2D eigenvalue weighted by molar-refractivity contribution is -0.149. The van der Waals surface area contributed by atoms with Crippen LogP contribution >= 0.6 is 23.2 Å². The molecule has 0 radical (unpaired) electrons. The number of ether oxygens (including phenoxy) is 2. The molecule has 0 heterocycles. The van der Waals surface area contributed by atoms with Crippen LogP contribution in [-0.2, 0) is 9.53 Å². The van der Waals surface area contributed by atoms with Gasteiger partial charge in [-0.05, 0) is 54.5 Å². The van der Waals surface area contributed by atoms with Crippen LogP contribution in [-0.4, -0.2) is 5.97 Å². The van der Waals surface area contributed by atoms with E-state index in [1.807, 2.05) is 32.1 Å². The Bertz CT molecular complexity index is 891. The second kappa shape index (κ2) is 8.43. The third-order valence-electron chi connectivity index (χ3n) is 5.18. The molecule has 0 amide bonds. The van der Waals surface area contributed by atoms with Gasteiger partial charge in [0.05, 0.1) is 5.92 Å². The van der Waals surface area contributed by atoms with Crippen LogP contribution in [0.2, 0.25) is 0 Å². The molecule has 28 heavy (non-hydrogen) atoms. The molecule has 3 rings (SSSR count). The molecule has 3 atom stereocenters. The van der Waals surface area contributed by atoms with E-state index < -0.39 is 12.1 Å². The van der Waals surface area contributed by atoms with Gasteiger partial charge in [-0.1, -0.05) is 55.3 Å². The van der Waals surface area contributed by atoms with E-state index >= 15 is 0 Å². The summed E-state index contributed by atoms with van der Waals surface area (Å²) in [5, 5.41) is 9.54. The average molecular weight is 418 g/mol. The molecule has 0 aromatic heterocycles. The van der Waals surface area contributed by atoms with E-state index in [4.69, 9.17) is 32.7 Å².